The molecule has 38 valence electrons. The van der Waals surface area contributed by atoms with Gasteiger partial charge in [-0.1, -0.05) is 6.92 Å². The van der Waals surface area contributed by atoms with E-state index in [-0.39, 0.29) is 6.42 Å². The van der Waals surface area contributed by atoms with E-state index in [0.717, 1.165) is 0 Å². The van der Waals surface area contributed by atoms with E-state index in [1.165, 1.54) is 6.92 Å². The van der Waals surface area contributed by atoms with Gasteiger partial charge >= 0.3 is 0 Å². The number of aliphatic hydroxyl groups is 3. The van der Waals surface area contributed by atoms with Gasteiger partial charge in [-0.25, -0.2) is 0 Å². The highest BCUT2D eigenvalue weighted by Crippen LogP contribution is 1.95. The Hall–Kier alpha value is -0.120. The van der Waals surface area contributed by atoms with E-state index < -0.39 is 5.97 Å². The van der Waals surface area contributed by atoms with Gasteiger partial charge in [0.2, 0.25) is 0 Å². The maximum atomic E-state index is 7.94. The molecule has 3 N–H and O–H groups in total. The van der Waals surface area contributed by atoms with E-state index in [9.17, 15) is 0 Å². The van der Waals surface area contributed by atoms with Gasteiger partial charge in [0.05, 0.1) is 0 Å². The van der Waals surface area contributed by atoms with Crippen LogP contribution in [0.1, 0.15) is 13.3 Å². The first-order valence-electron chi connectivity index (χ1n) is 1.73. The van der Waals surface area contributed by atoms with Crippen LogP contribution in [0.2, 0.25) is 0 Å². The minimum absolute atomic E-state index is 0.0625. The number of hydrogen-bond acceptors (Lipinski definition) is 3. The van der Waals surface area contributed by atoms with Gasteiger partial charge in [-0.15, -0.1) is 0 Å². The molecule has 0 aromatic rings. The lowest BCUT2D eigenvalue weighted by Crippen LogP contribution is -2.24. The first-order chi connectivity index (χ1) is 2.56. The van der Waals surface area contributed by atoms with Gasteiger partial charge in [0, 0.05) is 6.42 Å². The molecule has 0 atom stereocenters. The Morgan fingerprint density at radius 2 is 1.50 bits per heavy atom. The third-order valence-corrected chi connectivity index (χ3v) is 0.474. The van der Waals surface area contributed by atoms with Crippen molar-refractivity contribution in [2.75, 3.05) is 0 Å². The van der Waals surface area contributed by atoms with Crippen molar-refractivity contribution in [3.63, 3.8) is 0 Å². The molecular weight excluding hydrogens is 84.0 g/mol. The van der Waals surface area contributed by atoms with E-state index >= 15 is 0 Å². The van der Waals surface area contributed by atoms with Crippen molar-refractivity contribution in [2.45, 2.75) is 19.3 Å². The summed E-state index contributed by atoms with van der Waals surface area (Å²) in [5.41, 5.74) is 0. The van der Waals surface area contributed by atoms with Gasteiger partial charge in [-0.3, -0.25) is 0 Å². The van der Waals surface area contributed by atoms with E-state index in [1.807, 2.05) is 0 Å². The first-order valence-corrected chi connectivity index (χ1v) is 1.73. The van der Waals surface area contributed by atoms with Gasteiger partial charge in [0.1, 0.15) is 0 Å². The van der Waals surface area contributed by atoms with Crippen LogP contribution in [-0.2, 0) is 0 Å². The van der Waals surface area contributed by atoms with Crippen molar-refractivity contribution in [2.24, 2.45) is 0 Å². The predicted octanol–water partition coefficient (Wildman–Crippen LogP) is -0.973. The average molecular weight is 92.1 g/mol. The average Bonchev–Trinajstić information content (AvgIpc) is 1.35. The lowest BCUT2D eigenvalue weighted by Gasteiger charge is -2.08. The van der Waals surface area contributed by atoms with Crippen LogP contribution in [0.25, 0.3) is 0 Å². The summed E-state index contributed by atoms with van der Waals surface area (Å²) in [5.74, 6) is -2.46. The van der Waals surface area contributed by atoms with Crippen LogP contribution in [-0.4, -0.2) is 21.3 Å². The minimum atomic E-state index is -2.46. The lowest BCUT2D eigenvalue weighted by atomic mass is 10.4. The molecule has 3 nitrogen and oxygen atoms in total. The fraction of sp³-hybridized carbons (Fsp3) is 1.00. The first kappa shape index (κ1) is 5.88. The van der Waals surface area contributed by atoms with Crippen LogP contribution < -0.4 is 0 Å². The molecule has 0 amide bonds. The maximum absolute atomic E-state index is 7.94. The maximum Gasteiger partial charge on any atom is 0.274 e. The van der Waals surface area contributed by atoms with Gasteiger partial charge in [-0.2, -0.15) is 0 Å². The molecular formula is C3H8O3. The molecule has 0 heterocycles. The van der Waals surface area contributed by atoms with Gasteiger partial charge < -0.3 is 15.3 Å². The van der Waals surface area contributed by atoms with Crippen molar-refractivity contribution in [3.8, 4) is 0 Å². The second kappa shape index (κ2) is 1.55. The highest BCUT2D eigenvalue weighted by atomic mass is 16.7. The highest BCUT2D eigenvalue weighted by Gasteiger charge is 2.11. The molecule has 0 bridgehead atoms. The van der Waals surface area contributed by atoms with Crippen molar-refractivity contribution in [1.82, 2.24) is 0 Å². The zero-order valence-electron chi connectivity index (χ0n) is 3.55. The fourth-order valence-corrected chi connectivity index (χ4v) is 0. The second-order valence-corrected chi connectivity index (χ2v) is 1.13. The van der Waals surface area contributed by atoms with Gasteiger partial charge in [-0.05, 0) is 0 Å². The molecule has 0 saturated carbocycles. The van der Waals surface area contributed by atoms with Crippen molar-refractivity contribution in [1.29, 1.82) is 0 Å². The zero-order chi connectivity index (χ0) is 5.21. The lowest BCUT2D eigenvalue weighted by molar-refractivity contribution is -0.312. The van der Waals surface area contributed by atoms with Crippen LogP contribution in [0.3, 0.4) is 0 Å². The van der Waals surface area contributed by atoms with Crippen LogP contribution in [0.5, 0.6) is 0 Å². The fourth-order valence-electron chi connectivity index (χ4n) is 0. The van der Waals surface area contributed by atoms with Crippen LogP contribution >= 0.6 is 0 Å². The van der Waals surface area contributed by atoms with Crippen molar-refractivity contribution < 1.29 is 15.3 Å². The molecule has 0 rings (SSSR count). The third kappa shape index (κ3) is 3.88. The Labute approximate surface area is 35.9 Å². The quantitative estimate of drug-likeness (QED) is 0.364. The molecule has 0 aromatic heterocycles. The van der Waals surface area contributed by atoms with E-state index in [4.69, 9.17) is 15.3 Å². The molecule has 0 aliphatic rings. The molecule has 0 fully saturated rings. The van der Waals surface area contributed by atoms with E-state index in [1.54, 1.807) is 0 Å². The van der Waals surface area contributed by atoms with Crippen LogP contribution in [0.15, 0.2) is 0 Å². The molecule has 3 heteroatoms. The summed E-state index contributed by atoms with van der Waals surface area (Å²) in [7, 11) is 0. The summed E-state index contributed by atoms with van der Waals surface area (Å²) in [6.45, 7) is 1.46. The Morgan fingerprint density at radius 1 is 1.33 bits per heavy atom. The van der Waals surface area contributed by atoms with Crippen molar-refractivity contribution in [3.05, 3.63) is 0 Å². The largest absolute Gasteiger partial charge is 0.344 e. The summed E-state index contributed by atoms with van der Waals surface area (Å²) in [4.78, 5) is 0. The molecule has 6 heavy (non-hydrogen) atoms. The normalized spacial score (nSPS) is 12.0. The summed E-state index contributed by atoms with van der Waals surface area (Å²) < 4.78 is 0. The standard InChI is InChI=1S/C3H8O3/c1-2-3(4,5)6/h4-6H,2H2,1H3. The zero-order valence-corrected chi connectivity index (χ0v) is 3.55. The molecule has 0 radical (unpaired) electrons. The highest BCUT2D eigenvalue weighted by molar-refractivity contribution is 4.35. The van der Waals surface area contributed by atoms with Gasteiger partial charge in [0.25, 0.3) is 5.97 Å². The molecule has 0 spiro atoms. The third-order valence-electron chi connectivity index (χ3n) is 0.474. The van der Waals surface area contributed by atoms with Gasteiger partial charge in [0.15, 0.2) is 0 Å². The van der Waals surface area contributed by atoms with Crippen molar-refractivity contribution >= 4 is 0 Å². The Morgan fingerprint density at radius 3 is 1.50 bits per heavy atom. The molecule has 0 unspecified atom stereocenters. The minimum Gasteiger partial charge on any atom is -0.344 e. The monoisotopic (exact) mass is 92.0 g/mol. The number of hydrogen-bond donors (Lipinski definition) is 3. The molecule has 0 saturated heterocycles. The Balaban J connectivity index is 3.17. The topological polar surface area (TPSA) is 60.7 Å². The molecule has 0 aromatic carbocycles. The van der Waals surface area contributed by atoms with Crippen LogP contribution in [0.4, 0.5) is 0 Å². The summed E-state index contributed by atoms with van der Waals surface area (Å²) >= 11 is 0. The number of rotatable bonds is 1. The predicted molar refractivity (Wildman–Crippen MR) is 19.7 cm³/mol. The second-order valence-electron chi connectivity index (χ2n) is 1.13. The van der Waals surface area contributed by atoms with E-state index in [0.29, 0.717) is 0 Å². The molecule has 0 aliphatic heterocycles. The SMILES string of the molecule is CCC(O)(O)O. The van der Waals surface area contributed by atoms with Crippen LogP contribution in [0, 0.1) is 0 Å². The molecule has 0 aliphatic carbocycles. The Kier molecular flexibility index (Phi) is 1.52. The summed E-state index contributed by atoms with van der Waals surface area (Å²) in [6.07, 6.45) is -0.0625. The van der Waals surface area contributed by atoms with E-state index in [2.05, 4.69) is 0 Å². The smallest absolute Gasteiger partial charge is 0.274 e. The Bertz CT molecular complexity index is 35.8. The summed E-state index contributed by atoms with van der Waals surface area (Å²) in [5, 5.41) is 23.8. The summed E-state index contributed by atoms with van der Waals surface area (Å²) in [6, 6.07) is 0.